The molecule has 0 aliphatic carbocycles. The zero-order valence-electron chi connectivity index (χ0n) is 14.2. The lowest BCUT2D eigenvalue weighted by atomic mass is 10.0. The molecule has 0 bridgehead atoms. The van der Waals surface area contributed by atoms with E-state index < -0.39 is 11.5 Å². The molecule has 0 N–H and O–H groups in total. The Kier molecular flexibility index (Phi) is 5.74. The van der Waals surface area contributed by atoms with Crippen LogP contribution in [0, 0.1) is 0 Å². The van der Waals surface area contributed by atoms with E-state index >= 15 is 0 Å². The SMILES string of the molecule is O=c1oc2c(-c3c(Br)ccc4c3oc(=O)n4CCBr)c(Br)ccc2n1CCBr. The molecule has 4 aromatic rings. The van der Waals surface area contributed by atoms with Gasteiger partial charge in [0.1, 0.15) is 0 Å². The molecule has 0 aliphatic rings. The van der Waals surface area contributed by atoms with Gasteiger partial charge in [-0.15, -0.1) is 0 Å². The van der Waals surface area contributed by atoms with Crippen LogP contribution in [0.3, 0.4) is 0 Å². The van der Waals surface area contributed by atoms with E-state index in [2.05, 4.69) is 63.7 Å². The molecule has 0 unspecified atom stereocenters. The summed E-state index contributed by atoms with van der Waals surface area (Å²) >= 11 is 13.9. The topological polar surface area (TPSA) is 70.3 Å². The van der Waals surface area contributed by atoms with Crippen LogP contribution >= 0.6 is 63.7 Å². The van der Waals surface area contributed by atoms with Crippen LogP contribution in [0.4, 0.5) is 0 Å². The summed E-state index contributed by atoms with van der Waals surface area (Å²) in [5, 5.41) is 1.24. The number of halogens is 4. The summed E-state index contributed by atoms with van der Waals surface area (Å²) in [5.41, 5.74) is 3.52. The summed E-state index contributed by atoms with van der Waals surface area (Å²) in [4.78, 5) is 24.8. The summed E-state index contributed by atoms with van der Waals surface area (Å²) in [5.74, 6) is -0.870. The quantitative estimate of drug-likeness (QED) is 0.271. The Morgan fingerprint density at radius 3 is 1.46 bits per heavy atom. The fraction of sp³-hybridized carbons (Fsp3) is 0.222. The van der Waals surface area contributed by atoms with Crippen LogP contribution in [0.2, 0.25) is 0 Å². The number of aryl methyl sites for hydroxylation is 2. The van der Waals surface area contributed by atoms with Gasteiger partial charge >= 0.3 is 11.5 Å². The first-order chi connectivity index (χ1) is 13.5. The van der Waals surface area contributed by atoms with Gasteiger partial charge in [-0.3, -0.25) is 9.13 Å². The van der Waals surface area contributed by atoms with E-state index in [0.717, 1.165) is 8.95 Å². The van der Waals surface area contributed by atoms with Crippen molar-refractivity contribution in [2.24, 2.45) is 0 Å². The van der Waals surface area contributed by atoms with Gasteiger partial charge in [-0.2, -0.15) is 0 Å². The number of nitrogens with zero attached hydrogens (tertiary/aromatic N) is 2. The van der Waals surface area contributed by atoms with Crippen molar-refractivity contribution in [3.63, 3.8) is 0 Å². The maximum atomic E-state index is 12.4. The molecule has 6 nitrogen and oxygen atoms in total. The third-order valence-electron chi connectivity index (χ3n) is 4.44. The Morgan fingerprint density at radius 2 is 1.11 bits per heavy atom. The Bertz CT molecular complexity index is 1210. The van der Waals surface area contributed by atoms with E-state index in [1.54, 1.807) is 9.13 Å². The van der Waals surface area contributed by atoms with E-state index in [9.17, 15) is 9.59 Å². The maximum absolute atomic E-state index is 12.4. The zero-order valence-corrected chi connectivity index (χ0v) is 20.5. The molecule has 2 heterocycles. The maximum Gasteiger partial charge on any atom is 0.419 e. The average molecular weight is 640 g/mol. The monoisotopic (exact) mass is 636 g/mol. The fourth-order valence-electron chi connectivity index (χ4n) is 3.27. The first kappa shape index (κ1) is 20.2. The van der Waals surface area contributed by atoms with Crippen molar-refractivity contribution in [3.8, 4) is 11.1 Å². The van der Waals surface area contributed by atoms with Gasteiger partial charge in [0, 0.05) is 43.8 Å². The average Bonchev–Trinajstić information content (AvgIpc) is 3.14. The number of hydrogen-bond acceptors (Lipinski definition) is 4. The molecule has 4 rings (SSSR count). The molecule has 28 heavy (non-hydrogen) atoms. The first-order valence-electron chi connectivity index (χ1n) is 8.24. The number of aromatic nitrogens is 2. The second-order valence-corrected chi connectivity index (χ2v) is 9.25. The molecule has 0 saturated heterocycles. The number of fused-ring (bicyclic) bond motifs is 2. The van der Waals surface area contributed by atoms with Gasteiger partial charge in [0.25, 0.3) is 0 Å². The van der Waals surface area contributed by atoms with Crippen molar-refractivity contribution in [1.29, 1.82) is 0 Å². The van der Waals surface area contributed by atoms with E-state index in [1.165, 1.54) is 0 Å². The van der Waals surface area contributed by atoms with E-state index in [-0.39, 0.29) is 0 Å². The molecule has 0 amide bonds. The number of oxazole rings is 2. The molecule has 0 fully saturated rings. The van der Waals surface area contributed by atoms with Crippen molar-refractivity contribution in [1.82, 2.24) is 9.13 Å². The minimum atomic E-state index is -0.435. The predicted molar refractivity (Wildman–Crippen MR) is 123 cm³/mol. The highest BCUT2D eigenvalue weighted by atomic mass is 79.9. The normalized spacial score (nSPS) is 11.7. The van der Waals surface area contributed by atoms with E-state index in [4.69, 9.17) is 8.83 Å². The minimum absolute atomic E-state index is 0.435. The number of benzene rings is 2. The van der Waals surface area contributed by atoms with Gasteiger partial charge in [-0.05, 0) is 24.3 Å². The minimum Gasteiger partial charge on any atom is -0.407 e. The molecular weight excluding hydrogens is 628 g/mol. The van der Waals surface area contributed by atoms with Crippen molar-refractivity contribution in [3.05, 3.63) is 54.3 Å². The molecular formula is C18H12Br4N2O4. The smallest absolute Gasteiger partial charge is 0.407 e. The molecule has 2 aromatic carbocycles. The molecule has 0 atom stereocenters. The van der Waals surface area contributed by atoms with Gasteiger partial charge in [0.2, 0.25) is 0 Å². The highest BCUT2D eigenvalue weighted by molar-refractivity contribution is 9.11. The van der Waals surface area contributed by atoms with Gasteiger partial charge in [0.15, 0.2) is 11.2 Å². The standard InChI is InChI=1S/C18H12Br4N2O4/c19-5-7-23-11-3-1-9(21)13(15(11)27-17(23)25)14-10(22)2-4-12-16(14)28-18(26)24(12)8-6-20/h1-4H,5-8H2. The molecule has 146 valence electrons. The van der Waals surface area contributed by atoms with Gasteiger partial charge in [0.05, 0.1) is 11.0 Å². The predicted octanol–water partition coefficient (Wildman–Crippen LogP) is 5.48. The zero-order chi connectivity index (χ0) is 20.0. The summed E-state index contributed by atoms with van der Waals surface area (Å²) in [7, 11) is 0. The second kappa shape index (κ2) is 7.97. The highest BCUT2D eigenvalue weighted by Crippen LogP contribution is 2.42. The Morgan fingerprint density at radius 1 is 0.714 bits per heavy atom. The largest absolute Gasteiger partial charge is 0.419 e. The summed E-state index contributed by atoms with van der Waals surface area (Å²) in [6.07, 6.45) is 0. The molecule has 2 aromatic heterocycles. The first-order valence-corrected chi connectivity index (χ1v) is 12.1. The van der Waals surface area contributed by atoms with Crippen molar-refractivity contribution >= 4 is 85.9 Å². The number of alkyl halides is 2. The lowest BCUT2D eigenvalue weighted by Crippen LogP contribution is -2.14. The van der Waals surface area contributed by atoms with Crippen molar-refractivity contribution in [2.45, 2.75) is 13.1 Å². The Balaban J connectivity index is 2.12. The second-order valence-electron chi connectivity index (χ2n) is 5.96. The van der Waals surface area contributed by atoms with Crippen LogP contribution in [0.5, 0.6) is 0 Å². The molecule has 0 radical (unpaired) electrons. The van der Waals surface area contributed by atoms with Crippen LogP contribution in [0.1, 0.15) is 0 Å². The Hall–Kier alpha value is -1.10. The molecule has 0 aliphatic heterocycles. The van der Waals surface area contributed by atoms with Crippen LogP contribution in [-0.2, 0) is 13.1 Å². The van der Waals surface area contributed by atoms with Crippen LogP contribution in [-0.4, -0.2) is 19.8 Å². The van der Waals surface area contributed by atoms with Gasteiger partial charge < -0.3 is 8.83 Å². The van der Waals surface area contributed by atoms with Crippen LogP contribution in [0.15, 0.2) is 51.6 Å². The lowest BCUT2D eigenvalue weighted by molar-refractivity contribution is 0.512. The Labute approximate surface area is 192 Å². The number of hydrogen-bond donors (Lipinski definition) is 0. The summed E-state index contributed by atoms with van der Waals surface area (Å²) in [6.45, 7) is 0.962. The third kappa shape index (κ3) is 3.18. The van der Waals surface area contributed by atoms with Crippen LogP contribution in [0.25, 0.3) is 33.3 Å². The lowest BCUT2D eigenvalue weighted by Gasteiger charge is -2.09. The number of rotatable bonds is 5. The van der Waals surface area contributed by atoms with Crippen molar-refractivity contribution < 1.29 is 8.83 Å². The van der Waals surface area contributed by atoms with Crippen LogP contribution < -0.4 is 11.5 Å². The fourth-order valence-corrected chi connectivity index (χ4v) is 5.00. The molecule has 0 saturated carbocycles. The van der Waals surface area contributed by atoms with Crippen molar-refractivity contribution in [2.75, 3.05) is 10.7 Å². The van der Waals surface area contributed by atoms with E-state index in [0.29, 0.717) is 57.1 Å². The molecule has 10 heteroatoms. The summed E-state index contributed by atoms with van der Waals surface area (Å²) in [6, 6.07) is 7.37. The van der Waals surface area contributed by atoms with Gasteiger partial charge in [-0.1, -0.05) is 63.7 Å². The van der Waals surface area contributed by atoms with E-state index in [1.807, 2.05) is 24.3 Å². The third-order valence-corrected chi connectivity index (χ3v) is 6.47. The molecule has 0 spiro atoms. The highest BCUT2D eigenvalue weighted by Gasteiger charge is 2.23. The summed E-state index contributed by atoms with van der Waals surface area (Å²) < 4.78 is 15.8. The van der Waals surface area contributed by atoms with Gasteiger partial charge in [-0.25, -0.2) is 9.59 Å².